The smallest absolute Gasteiger partial charge is 0.253 e. The van der Waals surface area contributed by atoms with Gasteiger partial charge in [-0.2, -0.15) is 0 Å². The van der Waals surface area contributed by atoms with Crippen molar-refractivity contribution in [3.63, 3.8) is 0 Å². The van der Waals surface area contributed by atoms with Crippen LogP contribution in [0.3, 0.4) is 0 Å². The van der Waals surface area contributed by atoms with Gasteiger partial charge in [0.15, 0.2) is 0 Å². The standard InChI is InChI=1S/C15H21NO3/c1-15(18)6-8-16(9-7-15)14(17)13-5-3-4-12(10-13)11-19-2/h3-5,10,18H,6-9,11H2,1-2H3. The topological polar surface area (TPSA) is 49.8 Å². The van der Waals surface area contributed by atoms with Crippen molar-refractivity contribution in [3.05, 3.63) is 35.4 Å². The van der Waals surface area contributed by atoms with Crippen molar-refractivity contribution in [2.75, 3.05) is 20.2 Å². The zero-order chi connectivity index (χ0) is 13.9. The fourth-order valence-electron chi connectivity index (χ4n) is 2.33. The van der Waals surface area contributed by atoms with Gasteiger partial charge in [0.25, 0.3) is 5.91 Å². The molecule has 0 saturated carbocycles. The summed E-state index contributed by atoms with van der Waals surface area (Å²) in [6, 6.07) is 7.52. The van der Waals surface area contributed by atoms with E-state index in [1.54, 1.807) is 7.11 Å². The Morgan fingerprint density at radius 2 is 2.11 bits per heavy atom. The number of carbonyl (C=O) groups excluding carboxylic acids is 1. The van der Waals surface area contributed by atoms with Gasteiger partial charge >= 0.3 is 0 Å². The molecule has 19 heavy (non-hydrogen) atoms. The summed E-state index contributed by atoms with van der Waals surface area (Å²) in [5.41, 5.74) is 1.06. The molecule has 2 rings (SSSR count). The van der Waals surface area contributed by atoms with Crippen molar-refractivity contribution in [2.45, 2.75) is 32.0 Å². The highest BCUT2D eigenvalue weighted by atomic mass is 16.5. The number of amides is 1. The van der Waals surface area contributed by atoms with Crippen LogP contribution in [0.25, 0.3) is 0 Å². The molecule has 0 bridgehead atoms. The molecule has 0 atom stereocenters. The molecule has 1 aromatic rings. The monoisotopic (exact) mass is 263 g/mol. The predicted octanol–water partition coefficient (Wildman–Crippen LogP) is 1.82. The van der Waals surface area contributed by atoms with Crippen LogP contribution in [-0.2, 0) is 11.3 Å². The van der Waals surface area contributed by atoms with Gasteiger partial charge in [0, 0.05) is 25.8 Å². The van der Waals surface area contributed by atoms with Gasteiger partial charge in [0.2, 0.25) is 0 Å². The molecule has 0 spiro atoms. The molecule has 0 aliphatic carbocycles. The third-order valence-electron chi connectivity index (χ3n) is 3.61. The highest BCUT2D eigenvalue weighted by molar-refractivity contribution is 5.94. The minimum atomic E-state index is -0.630. The number of rotatable bonds is 3. The number of benzene rings is 1. The Kier molecular flexibility index (Phi) is 4.22. The van der Waals surface area contributed by atoms with E-state index in [0.29, 0.717) is 38.1 Å². The van der Waals surface area contributed by atoms with Gasteiger partial charge in [-0.15, -0.1) is 0 Å². The molecule has 1 fully saturated rings. The molecule has 1 aromatic carbocycles. The average molecular weight is 263 g/mol. The van der Waals surface area contributed by atoms with Gasteiger partial charge < -0.3 is 14.7 Å². The number of aliphatic hydroxyl groups is 1. The third kappa shape index (κ3) is 3.55. The molecule has 1 aliphatic heterocycles. The Labute approximate surface area is 114 Å². The summed E-state index contributed by atoms with van der Waals surface area (Å²) in [5, 5.41) is 9.90. The van der Waals surface area contributed by atoms with E-state index in [-0.39, 0.29) is 5.91 Å². The summed E-state index contributed by atoms with van der Waals surface area (Å²) in [6.45, 7) is 3.56. The van der Waals surface area contributed by atoms with Crippen LogP contribution in [-0.4, -0.2) is 41.7 Å². The van der Waals surface area contributed by atoms with E-state index >= 15 is 0 Å². The molecular formula is C15H21NO3. The SMILES string of the molecule is COCc1cccc(C(=O)N2CCC(C)(O)CC2)c1. The van der Waals surface area contributed by atoms with E-state index in [1.807, 2.05) is 36.1 Å². The van der Waals surface area contributed by atoms with Crippen LogP contribution in [0.2, 0.25) is 0 Å². The Bertz CT molecular complexity index is 446. The first kappa shape index (κ1) is 14.0. The largest absolute Gasteiger partial charge is 0.390 e. The summed E-state index contributed by atoms with van der Waals surface area (Å²) in [5.74, 6) is 0.0356. The summed E-state index contributed by atoms with van der Waals surface area (Å²) in [6.07, 6.45) is 1.27. The Hall–Kier alpha value is -1.39. The number of ether oxygens (including phenoxy) is 1. The number of carbonyl (C=O) groups is 1. The number of methoxy groups -OCH3 is 1. The summed E-state index contributed by atoms with van der Waals surface area (Å²) < 4.78 is 5.08. The fraction of sp³-hybridized carbons (Fsp3) is 0.533. The summed E-state index contributed by atoms with van der Waals surface area (Å²) in [4.78, 5) is 14.2. The van der Waals surface area contributed by atoms with E-state index < -0.39 is 5.60 Å². The lowest BCUT2D eigenvalue weighted by Gasteiger charge is -2.35. The molecule has 0 unspecified atom stereocenters. The van der Waals surface area contributed by atoms with E-state index in [2.05, 4.69) is 0 Å². The van der Waals surface area contributed by atoms with Crippen LogP contribution in [0.4, 0.5) is 0 Å². The summed E-state index contributed by atoms with van der Waals surface area (Å²) in [7, 11) is 1.64. The molecular weight excluding hydrogens is 242 g/mol. The number of nitrogens with zero attached hydrogens (tertiary/aromatic N) is 1. The quantitative estimate of drug-likeness (QED) is 0.905. The lowest BCUT2D eigenvalue weighted by molar-refractivity contribution is -0.00203. The molecule has 1 aliphatic rings. The second kappa shape index (κ2) is 5.72. The number of piperidine rings is 1. The van der Waals surface area contributed by atoms with Gasteiger partial charge in [-0.25, -0.2) is 0 Å². The predicted molar refractivity (Wildman–Crippen MR) is 72.9 cm³/mol. The first-order valence-corrected chi connectivity index (χ1v) is 6.61. The van der Waals surface area contributed by atoms with E-state index in [1.165, 1.54) is 0 Å². The Morgan fingerprint density at radius 3 is 2.74 bits per heavy atom. The van der Waals surface area contributed by atoms with Crippen molar-refractivity contribution >= 4 is 5.91 Å². The number of hydrogen-bond donors (Lipinski definition) is 1. The van der Waals surface area contributed by atoms with Gasteiger partial charge in [-0.3, -0.25) is 4.79 Å². The maximum absolute atomic E-state index is 12.4. The second-order valence-electron chi connectivity index (χ2n) is 5.42. The normalized spacial score (nSPS) is 18.4. The third-order valence-corrected chi connectivity index (χ3v) is 3.61. The molecule has 1 saturated heterocycles. The first-order chi connectivity index (χ1) is 9.02. The molecule has 0 aromatic heterocycles. The lowest BCUT2D eigenvalue weighted by Crippen LogP contribution is -2.45. The van der Waals surface area contributed by atoms with E-state index in [4.69, 9.17) is 4.74 Å². The van der Waals surface area contributed by atoms with Crippen molar-refractivity contribution < 1.29 is 14.6 Å². The van der Waals surface area contributed by atoms with Crippen LogP contribution in [0.1, 0.15) is 35.7 Å². The van der Waals surface area contributed by atoms with E-state index in [0.717, 1.165) is 5.56 Å². The minimum absolute atomic E-state index is 0.0356. The molecule has 4 heteroatoms. The van der Waals surface area contributed by atoms with Crippen molar-refractivity contribution in [2.24, 2.45) is 0 Å². The minimum Gasteiger partial charge on any atom is -0.390 e. The van der Waals surface area contributed by atoms with E-state index in [9.17, 15) is 9.90 Å². The van der Waals surface area contributed by atoms with Crippen LogP contribution >= 0.6 is 0 Å². The lowest BCUT2D eigenvalue weighted by atomic mass is 9.93. The average Bonchev–Trinajstić information content (AvgIpc) is 2.39. The second-order valence-corrected chi connectivity index (χ2v) is 5.42. The van der Waals surface area contributed by atoms with Crippen LogP contribution < -0.4 is 0 Å². The van der Waals surface area contributed by atoms with Gasteiger partial charge in [0.05, 0.1) is 12.2 Å². The highest BCUT2D eigenvalue weighted by Gasteiger charge is 2.29. The first-order valence-electron chi connectivity index (χ1n) is 6.61. The molecule has 1 amide bonds. The molecule has 1 N–H and O–H groups in total. The maximum Gasteiger partial charge on any atom is 0.253 e. The van der Waals surface area contributed by atoms with Gasteiger partial charge in [0.1, 0.15) is 0 Å². The van der Waals surface area contributed by atoms with Crippen LogP contribution in [0.5, 0.6) is 0 Å². The number of likely N-dealkylation sites (tertiary alicyclic amines) is 1. The zero-order valence-corrected chi connectivity index (χ0v) is 11.6. The maximum atomic E-state index is 12.4. The Morgan fingerprint density at radius 1 is 1.42 bits per heavy atom. The highest BCUT2D eigenvalue weighted by Crippen LogP contribution is 2.22. The molecule has 1 heterocycles. The Balaban J connectivity index is 2.05. The molecule has 0 radical (unpaired) electrons. The van der Waals surface area contributed by atoms with Crippen molar-refractivity contribution in [3.8, 4) is 0 Å². The molecule has 4 nitrogen and oxygen atoms in total. The fourth-order valence-corrected chi connectivity index (χ4v) is 2.33. The van der Waals surface area contributed by atoms with Gasteiger partial charge in [-0.1, -0.05) is 12.1 Å². The zero-order valence-electron chi connectivity index (χ0n) is 11.6. The summed E-state index contributed by atoms with van der Waals surface area (Å²) >= 11 is 0. The van der Waals surface area contributed by atoms with Crippen molar-refractivity contribution in [1.29, 1.82) is 0 Å². The molecule has 104 valence electrons. The van der Waals surface area contributed by atoms with Crippen molar-refractivity contribution in [1.82, 2.24) is 4.90 Å². The number of hydrogen-bond acceptors (Lipinski definition) is 3. The van der Waals surface area contributed by atoms with Crippen LogP contribution in [0.15, 0.2) is 24.3 Å². The van der Waals surface area contributed by atoms with Crippen LogP contribution in [0, 0.1) is 0 Å². The van der Waals surface area contributed by atoms with Gasteiger partial charge in [-0.05, 0) is 37.5 Å².